The molecule has 1 heterocycles. The standard InChI is InChI=1S/C15H16ClFN2O/c1-9-11(14(16)19(2)18-9)8-15(20)7-6-10-12(15)4-3-5-13(10)17/h3-5,20H,6-8H2,1-2H3. The predicted octanol–water partition coefficient (Wildman–Crippen LogP) is 2.90. The van der Waals surface area contributed by atoms with Gasteiger partial charge in [-0.3, -0.25) is 4.68 Å². The molecule has 1 atom stereocenters. The summed E-state index contributed by atoms with van der Waals surface area (Å²) in [6.07, 6.45) is 1.42. The minimum Gasteiger partial charge on any atom is -0.385 e. The average Bonchev–Trinajstić information content (AvgIpc) is 2.85. The number of aliphatic hydroxyl groups is 1. The zero-order valence-electron chi connectivity index (χ0n) is 11.5. The van der Waals surface area contributed by atoms with Gasteiger partial charge in [-0.2, -0.15) is 5.10 Å². The Labute approximate surface area is 122 Å². The van der Waals surface area contributed by atoms with Crippen molar-refractivity contribution in [1.29, 1.82) is 0 Å². The monoisotopic (exact) mass is 294 g/mol. The Kier molecular flexibility index (Phi) is 3.10. The third kappa shape index (κ3) is 1.95. The molecule has 1 aliphatic carbocycles. The Morgan fingerprint density at radius 3 is 2.90 bits per heavy atom. The van der Waals surface area contributed by atoms with E-state index in [1.807, 2.05) is 6.92 Å². The third-order valence-electron chi connectivity index (χ3n) is 4.15. The maximum Gasteiger partial charge on any atom is 0.130 e. The Hall–Kier alpha value is -1.39. The predicted molar refractivity (Wildman–Crippen MR) is 75.3 cm³/mol. The van der Waals surface area contributed by atoms with Crippen molar-refractivity contribution in [2.24, 2.45) is 7.05 Å². The number of nitrogens with zero attached hydrogens (tertiary/aromatic N) is 2. The molecule has 0 saturated carbocycles. The van der Waals surface area contributed by atoms with Crippen molar-refractivity contribution < 1.29 is 9.50 Å². The second-order valence-corrected chi connectivity index (χ2v) is 5.81. The first-order chi connectivity index (χ1) is 9.42. The molecule has 1 aromatic carbocycles. The van der Waals surface area contributed by atoms with E-state index >= 15 is 0 Å². The van der Waals surface area contributed by atoms with Crippen LogP contribution in [-0.2, 0) is 25.5 Å². The first-order valence-corrected chi connectivity index (χ1v) is 6.98. The van der Waals surface area contributed by atoms with Crippen LogP contribution in [0.15, 0.2) is 18.2 Å². The maximum atomic E-state index is 13.8. The fraction of sp³-hybridized carbons (Fsp3) is 0.400. The molecule has 1 N–H and O–H groups in total. The van der Waals surface area contributed by atoms with Crippen LogP contribution in [0.3, 0.4) is 0 Å². The molecule has 1 unspecified atom stereocenters. The van der Waals surface area contributed by atoms with Crippen LogP contribution in [0.25, 0.3) is 0 Å². The largest absolute Gasteiger partial charge is 0.385 e. The van der Waals surface area contributed by atoms with Crippen LogP contribution in [0.1, 0.15) is 28.8 Å². The van der Waals surface area contributed by atoms with E-state index in [4.69, 9.17) is 11.6 Å². The molecule has 0 bridgehead atoms. The van der Waals surface area contributed by atoms with Gasteiger partial charge in [0.05, 0.1) is 11.3 Å². The van der Waals surface area contributed by atoms with E-state index in [0.717, 1.165) is 11.3 Å². The summed E-state index contributed by atoms with van der Waals surface area (Å²) < 4.78 is 15.4. The molecule has 1 aliphatic rings. The smallest absolute Gasteiger partial charge is 0.130 e. The summed E-state index contributed by atoms with van der Waals surface area (Å²) in [5.41, 5.74) is 1.86. The molecule has 0 amide bonds. The van der Waals surface area contributed by atoms with Crippen molar-refractivity contribution >= 4 is 11.6 Å². The van der Waals surface area contributed by atoms with Crippen LogP contribution in [-0.4, -0.2) is 14.9 Å². The van der Waals surface area contributed by atoms with Crippen molar-refractivity contribution in [2.45, 2.75) is 31.8 Å². The Morgan fingerprint density at radius 2 is 2.25 bits per heavy atom. The Balaban J connectivity index is 2.02. The zero-order chi connectivity index (χ0) is 14.5. The van der Waals surface area contributed by atoms with E-state index in [2.05, 4.69) is 5.10 Å². The van der Waals surface area contributed by atoms with Crippen LogP contribution < -0.4 is 0 Å². The molecule has 0 fully saturated rings. The first kappa shape index (κ1) is 13.6. The first-order valence-electron chi connectivity index (χ1n) is 6.60. The van der Waals surface area contributed by atoms with Crippen molar-refractivity contribution in [1.82, 2.24) is 9.78 Å². The molecule has 20 heavy (non-hydrogen) atoms. The van der Waals surface area contributed by atoms with Gasteiger partial charge in [0.2, 0.25) is 0 Å². The molecule has 5 heteroatoms. The number of aromatic nitrogens is 2. The van der Waals surface area contributed by atoms with E-state index in [1.165, 1.54) is 6.07 Å². The van der Waals surface area contributed by atoms with E-state index in [0.29, 0.717) is 35.5 Å². The lowest BCUT2D eigenvalue weighted by Crippen LogP contribution is -2.25. The number of benzene rings is 1. The highest BCUT2D eigenvalue weighted by molar-refractivity contribution is 6.30. The number of rotatable bonds is 2. The van der Waals surface area contributed by atoms with Crippen LogP contribution in [0.2, 0.25) is 5.15 Å². The summed E-state index contributed by atoms with van der Waals surface area (Å²) in [7, 11) is 1.77. The number of hydrogen-bond donors (Lipinski definition) is 1. The lowest BCUT2D eigenvalue weighted by atomic mass is 9.89. The molecule has 2 aromatic rings. The van der Waals surface area contributed by atoms with Gasteiger partial charge in [0.15, 0.2) is 0 Å². The van der Waals surface area contributed by atoms with Gasteiger partial charge in [0, 0.05) is 19.0 Å². The minimum absolute atomic E-state index is 0.243. The van der Waals surface area contributed by atoms with Crippen molar-refractivity contribution in [3.63, 3.8) is 0 Å². The highest BCUT2D eigenvalue weighted by Gasteiger charge is 2.39. The quantitative estimate of drug-likeness (QED) is 0.925. The molecule has 3 nitrogen and oxygen atoms in total. The molecular weight excluding hydrogens is 279 g/mol. The summed E-state index contributed by atoms with van der Waals surface area (Å²) in [5, 5.41) is 15.7. The second kappa shape index (κ2) is 4.57. The van der Waals surface area contributed by atoms with Crippen molar-refractivity contribution in [2.75, 3.05) is 0 Å². The summed E-state index contributed by atoms with van der Waals surface area (Å²) in [5.74, 6) is -0.243. The molecule has 1 aromatic heterocycles. The molecule has 106 valence electrons. The molecule has 3 rings (SSSR count). The van der Waals surface area contributed by atoms with Crippen molar-refractivity contribution in [3.05, 3.63) is 51.6 Å². The van der Waals surface area contributed by atoms with Crippen LogP contribution >= 0.6 is 11.6 Å². The second-order valence-electron chi connectivity index (χ2n) is 5.45. The van der Waals surface area contributed by atoms with Gasteiger partial charge in [-0.05, 0) is 37.0 Å². The average molecular weight is 295 g/mol. The maximum absolute atomic E-state index is 13.8. The minimum atomic E-state index is -1.06. The summed E-state index contributed by atoms with van der Waals surface area (Å²) in [6, 6.07) is 4.88. The van der Waals surface area contributed by atoms with Crippen LogP contribution in [0.5, 0.6) is 0 Å². The van der Waals surface area contributed by atoms with Gasteiger partial charge in [-0.25, -0.2) is 4.39 Å². The van der Waals surface area contributed by atoms with Crippen molar-refractivity contribution in [3.8, 4) is 0 Å². The van der Waals surface area contributed by atoms with Gasteiger partial charge < -0.3 is 5.11 Å². The molecule has 0 saturated heterocycles. The molecule has 0 aliphatic heterocycles. The van der Waals surface area contributed by atoms with Gasteiger partial charge in [-0.1, -0.05) is 23.7 Å². The normalized spacial score (nSPS) is 21.2. The van der Waals surface area contributed by atoms with Gasteiger partial charge in [0.25, 0.3) is 0 Å². The lowest BCUT2D eigenvalue weighted by molar-refractivity contribution is 0.0388. The highest BCUT2D eigenvalue weighted by atomic mass is 35.5. The SMILES string of the molecule is Cc1nn(C)c(Cl)c1CC1(O)CCc2c(F)cccc21. The Bertz CT molecular complexity index is 683. The van der Waals surface area contributed by atoms with Gasteiger partial charge >= 0.3 is 0 Å². The van der Waals surface area contributed by atoms with Crippen LogP contribution in [0.4, 0.5) is 4.39 Å². The van der Waals surface area contributed by atoms with E-state index in [1.54, 1.807) is 23.9 Å². The summed E-state index contributed by atoms with van der Waals surface area (Å²) in [6.45, 7) is 1.87. The fourth-order valence-corrected chi connectivity index (χ4v) is 3.31. The lowest BCUT2D eigenvalue weighted by Gasteiger charge is -2.24. The van der Waals surface area contributed by atoms with E-state index in [9.17, 15) is 9.50 Å². The summed E-state index contributed by atoms with van der Waals surface area (Å²) in [4.78, 5) is 0. The number of fused-ring (bicyclic) bond motifs is 1. The van der Waals surface area contributed by atoms with Crippen LogP contribution in [0, 0.1) is 12.7 Å². The molecule has 0 spiro atoms. The fourth-order valence-electron chi connectivity index (χ4n) is 3.07. The highest BCUT2D eigenvalue weighted by Crippen LogP contribution is 2.41. The third-order valence-corrected chi connectivity index (χ3v) is 4.62. The number of hydrogen-bond acceptors (Lipinski definition) is 2. The number of aryl methyl sites for hydroxylation is 2. The van der Waals surface area contributed by atoms with Gasteiger partial charge in [-0.15, -0.1) is 0 Å². The topological polar surface area (TPSA) is 38.0 Å². The van der Waals surface area contributed by atoms with E-state index in [-0.39, 0.29) is 5.82 Å². The molecular formula is C15H16ClFN2O. The zero-order valence-corrected chi connectivity index (χ0v) is 12.2. The van der Waals surface area contributed by atoms with E-state index < -0.39 is 5.60 Å². The van der Waals surface area contributed by atoms with Gasteiger partial charge in [0.1, 0.15) is 11.0 Å². The Morgan fingerprint density at radius 1 is 1.50 bits per heavy atom. The number of halogens is 2. The summed E-state index contributed by atoms with van der Waals surface area (Å²) >= 11 is 6.23. The molecule has 0 radical (unpaired) electrons.